The Hall–Kier alpha value is -3.56. The van der Waals surface area contributed by atoms with Gasteiger partial charge < -0.3 is 9.84 Å². The Balaban J connectivity index is 2.29. The maximum absolute atomic E-state index is 13.1. The number of hydrazine groups is 1. The molecule has 0 aliphatic rings. The number of alkyl halides is 3. The summed E-state index contributed by atoms with van der Waals surface area (Å²) < 4.78 is 44.5. The molecule has 0 spiro atoms. The summed E-state index contributed by atoms with van der Waals surface area (Å²) in [6.45, 7) is 5.95. The molecular formula is C22H23F3N2O5. The van der Waals surface area contributed by atoms with E-state index in [-0.39, 0.29) is 22.6 Å². The number of hydrogen-bond donors (Lipinski definition) is 2. The fourth-order valence-electron chi connectivity index (χ4n) is 2.72. The molecule has 0 heterocycles. The lowest BCUT2D eigenvalue weighted by Crippen LogP contribution is -2.49. The number of phenolic OH excluding ortho intramolecular Hbond substituents is 1. The number of rotatable bonds is 4. The lowest BCUT2D eigenvalue weighted by atomic mass is 10.1. The van der Waals surface area contributed by atoms with Crippen molar-refractivity contribution in [2.75, 3.05) is 5.01 Å². The van der Waals surface area contributed by atoms with Gasteiger partial charge in [0.05, 0.1) is 17.7 Å². The molecule has 0 bridgehead atoms. The average molecular weight is 452 g/mol. The second kappa shape index (κ2) is 9.29. The van der Waals surface area contributed by atoms with Crippen molar-refractivity contribution in [3.8, 4) is 5.75 Å². The van der Waals surface area contributed by atoms with Gasteiger partial charge in [-0.25, -0.2) is 4.79 Å². The number of nitrogens with zero attached hydrogens (tertiary/aromatic N) is 1. The van der Waals surface area contributed by atoms with Gasteiger partial charge >= 0.3 is 12.3 Å². The Morgan fingerprint density at radius 1 is 1.06 bits per heavy atom. The van der Waals surface area contributed by atoms with Gasteiger partial charge in [-0.2, -0.15) is 18.2 Å². The highest BCUT2D eigenvalue weighted by molar-refractivity contribution is 6.08. The van der Waals surface area contributed by atoms with Crippen LogP contribution >= 0.6 is 0 Å². The summed E-state index contributed by atoms with van der Waals surface area (Å²) in [5.74, 6) is -1.69. The average Bonchev–Trinajstić information content (AvgIpc) is 2.63. The van der Waals surface area contributed by atoms with Crippen molar-refractivity contribution in [2.24, 2.45) is 0 Å². The van der Waals surface area contributed by atoms with E-state index in [0.717, 1.165) is 18.2 Å². The van der Waals surface area contributed by atoms with Crippen LogP contribution < -0.4 is 10.4 Å². The van der Waals surface area contributed by atoms with Crippen molar-refractivity contribution in [1.82, 2.24) is 5.43 Å². The standard InChI is InChI=1S/C22H23F3N2O5/c1-13-10-15(8-9-17(13)22(23,24)25)27(20(31)32-21(2,3)4)26-19(30)12-18(29)14-6-5-7-16(28)11-14/h5-11,28H,12H2,1-4H3,(H,26,30). The van der Waals surface area contributed by atoms with Crippen LogP contribution in [0.3, 0.4) is 0 Å². The molecule has 0 radical (unpaired) electrons. The lowest BCUT2D eigenvalue weighted by molar-refractivity contribution is -0.138. The zero-order valence-electron chi connectivity index (χ0n) is 17.9. The number of amides is 2. The minimum Gasteiger partial charge on any atom is -0.508 e. The zero-order chi connectivity index (χ0) is 24.3. The van der Waals surface area contributed by atoms with Crippen LogP contribution in [-0.4, -0.2) is 28.5 Å². The summed E-state index contributed by atoms with van der Waals surface area (Å²) in [6.07, 6.45) is -6.31. The first-order valence-corrected chi connectivity index (χ1v) is 9.50. The molecule has 0 saturated heterocycles. The minimum atomic E-state index is -4.59. The fourth-order valence-corrected chi connectivity index (χ4v) is 2.72. The van der Waals surface area contributed by atoms with E-state index in [1.165, 1.54) is 31.2 Å². The number of carbonyl (C=O) groups excluding carboxylic acids is 3. The minimum absolute atomic E-state index is 0.0781. The van der Waals surface area contributed by atoms with Crippen LogP contribution in [0.15, 0.2) is 42.5 Å². The number of phenols is 1. The lowest BCUT2D eigenvalue weighted by Gasteiger charge is -2.28. The van der Waals surface area contributed by atoms with Gasteiger partial charge in [-0.15, -0.1) is 0 Å². The maximum Gasteiger partial charge on any atom is 0.434 e. The highest BCUT2D eigenvalue weighted by Gasteiger charge is 2.33. The van der Waals surface area contributed by atoms with Crippen LogP contribution in [0, 0.1) is 6.92 Å². The number of anilines is 1. The molecule has 2 amide bonds. The van der Waals surface area contributed by atoms with Gasteiger partial charge in [0.25, 0.3) is 0 Å². The third-order valence-electron chi connectivity index (χ3n) is 4.08. The van der Waals surface area contributed by atoms with Crippen molar-refractivity contribution >= 4 is 23.5 Å². The molecule has 2 N–H and O–H groups in total. The molecule has 0 atom stereocenters. The molecule has 2 aromatic carbocycles. The predicted molar refractivity (Wildman–Crippen MR) is 110 cm³/mol. The van der Waals surface area contributed by atoms with Gasteiger partial charge in [-0.1, -0.05) is 12.1 Å². The molecule has 10 heteroatoms. The second-order valence-electron chi connectivity index (χ2n) is 8.00. The number of Topliss-reactive ketones (excluding diaryl/α,β-unsaturated/α-hetero) is 1. The molecule has 0 aliphatic heterocycles. The molecule has 0 aromatic heterocycles. The Morgan fingerprint density at radius 2 is 1.72 bits per heavy atom. The maximum atomic E-state index is 13.1. The van der Waals surface area contributed by atoms with Gasteiger partial charge in [-0.3, -0.25) is 15.0 Å². The number of nitrogens with one attached hydrogen (secondary N) is 1. The fraction of sp³-hybridized carbons (Fsp3) is 0.318. The number of carbonyl (C=O) groups is 3. The van der Waals surface area contributed by atoms with Crippen LogP contribution in [-0.2, 0) is 15.7 Å². The van der Waals surface area contributed by atoms with Crippen LogP contribution in [0.4, 0.5) is 23.7 Å². The third kappa shape index (κ3) is 6.73. The van der Waals surface area contributed by atoms with Gasteiger partial charge in [0.15, 0.2) is 5.78 Å². The highest BCUT2D eigenvalue weighted by atomic mass is 19.4. The normalized spacial score (nSPS) is 11.6. The molecule has 2 aromatic rings. The molecule has 2 rings (SSSR count). The van der Waals surface area contributed by atoms with Crippen LogP contribution in [0.1, 0.15) is 48.7 Å². The van der Waals surface area contributed by atoms with E-state index in [1.807, 2.05) is 0 Å². The van der Waals surface area contributed by atoms with Gasteiger partial charge in [0, 0.05) is 5.56 Å². The Morgan fingerprint density at radius 3 is 2.25 bits per heavy atom. The van der Waals surface area contributed by atoms with Crippen LogP contribution in [0.2, 0.25) is 0 Å². The summed E-state index contributed by atoms with van der Waals surface area (Å²) in [7, 11) is 0. The van der Waals surface area contributed by atoms with E-state index in [1.54, 1.807) is 20.8 Å². The van der Waals surface area contributed by atoms with E-state index in [9.17, 15) is 32.7 Å². The topological polar surface area (TPSA) is 95.9 Å². The molecule has 0 saturated carbocycles. The van der Waals surface area contributed by atoms with Crippen molar-refractivity contribution in [3.63, 3.8) is 0 Å². The number of aromatic hydroxyl groups is 1. The van der Waals surface area contributed by atoms with E-state index in [2.05, 4.69) is 5.43 Å². The Kier molecular flexibility index (Phi) is 7.17. The van der Waals surface area contributed by atoms with Crippen molar-refractivity contribution in [1.29, 1.82) is 0 Å². The smallest absolute Gasteiger partial charge is 0.434 e. The number of halogens is 3. The predicted octanol–water partition coefficient (Wildman–Crippen LogP) is 4.77. The largest absolute Gasteiger partial charge is 0.508 e. The third-order valence-corrected chi connectivity index (χ3v) is 4.08. The number of benzene rings is 2. The first kappa shape index (κ1) is 24.7. The number of aryl methyl sites for hydroxylation is 1. The molecular weight excluding hydrogens is 429 g/mol. The summed E-state index contributed by atoms with van der Waals surface area (Å²) >= 11 is 0. The Bertz CT molecular complexity index is 1030. The quantitative estimate of drug-likeness (QED) is 0.396. The first-order valence-electron chi connectivity index (χ1n) is 9.50. The number of hydrogen-bond acceptors (Lipinski definition) is 5. The summed E-state index contributed by atoms with van der Waals surface area (Å²) in [4.78, 5) is 37.4. The van der Waals surface area contributed by atoms with Gasteiger partial charge in [-0.05, 0) is 63.6 Å². The molecule has 0 aliphatic carbocycles. The van der Waals surface area contributed by atoms with Crippen molar-refractivity contribution < 1.29 is 37.4 Å². The summed E-state index contributed by atoms with van der Waals surface area (Å²) in [5, 5.41) is 10.1. The van der Waals surface area contributed by atoms with Gasteiger partial charge in [0.2, 0.25) is 5.91 Å². The van der Waals surface area contributed by atoms with Crippen LogP contribution in [0.25, 0.3) is 0 Å². The molecule has 32 heavy (non-hydrogen) atoms. The molecule has 0 fully saturated rings. The van der Waals surface area contributed by atoms with Gasteiger partial charge in [0.1, 0.15) is 11.4 Å². The molecule has 0 unspecified atom stereocenters. The van der Waals surface area contributed by atoms with Crippen molar-refractivity contribution in [3.05, 3.63) is 59.2 Å². The van der Waals surface area contributed by atoms with E-state index in [4.69, 9.17) is 4.74 Å². The van der Waals surface area contributed by atoms with E-state index in [0.29, 0.717) is 5.01 Å². The van der Waals surface area contributed by atoms with E-state index >= 15 is 0 Å². The zero-order valence-corrected chi connectivity index (χ0v) is 17.9. The van der Waals surface area contributed by atoms with E-state index < -0.39 is 41.5 Å². The first-order chi connectivity index (χ1) is 14.7. The van der Waals surface area contributed by atoms with Crippen LogP contribution in [0.5, 0.6) is 5.75 Å². The van der Waals surface area contributed by atoms with Crippen molar-refractivity contribution in [2.45, 2.75) is 45.9 Å². The second-order valence-corrected chi connectivity index (χ2v) is 8.00. The number of ether oxygens (including phenoxy) is 1. The Labute approximate surface area is 182 Å². The molecule has 7 nitrogen and oxygen atoms in total. The molecule has 172 valence electrons. The highest BCUT2D eigenvalue weighted by Crippen LogP contribution is 2.33. The number of ketones is 1. The summed E-state index contributed by atoms with van der Waals surface area (Å²) in [6, 6.07) is 8.24. The monoisotopic (exact) mass is 452 g/mol. The summed E-state index contributed by atoms with van der Waals surface area (Å²) in [5.41, 5.74) is 0.184. The SMILES string of the molecule is Cc1cc(N(NC(=O)CC(=O)c2cccc(O)c2)C(=O)OC(C)(C)C)ccc1C(F)(F)F.